The van der Waals surface area contributed by atoms with E-state index in [9.17, 15) is 18.0 Å². The zero-order valence-corrected chi connectivity index (χ0v) is 20.6. The van der Waals surface area contributed by atoms with E-state index in [2.05, 4.69) is 12.2 Å². The van der Waals surface area contributed by atoms with E-state index >= 15 is 0 Å². The maximum atomic E-state index is 13.6. The molecule has 0 radical (unpaired) electrons. The van der Waals surface area contributed by atoms with Gasteiger partial charge in [-0.25, -0.2) is 8.42 Å². The Bertz CT molecular complexity index is 1030. The van der Waals surface area contributed by atoms with E-state index < -0.39 is 16.1 Å². The summed E-state index contributed by atoms with van der Waals surface area (Å²) in [6.45, 7) is 7.05. The summed E-state index contributed by atoms with van der Waals surface area (Å²) in [5, 5.41) is 2.81. The minimum Gasteiger partial charge on any atom is -0.478 e. The first-order valence-corrected chi connectivity index (χ1v) is 13.6. The molecule has 0 unspecified atom stereocenters. The van der Waals surface area contributed by atoms with E-state index in [0.717, 1.165) is 32.2 Å². The number of nitrogens with one attached hydrogen (secondary N) is 1. The summed E-state index contributed by atoms with van der Waals surface area (Å²) in [5.41, 5.74) is 1.03. The van der Waals surface area contributed by atoms with E-state index in [1.165, 1.54) is 10.4 Å². The van der Waals surface area contributed by atoms with E-state index in [1.54, 1.807) is 13.0 Å². The standard InChI is InChI=1S/C24H35N3O5S/c1-4-18-10-6-7-12-27(18)24(29)17-9-8-11-26(15-17)33(30,31)22-14-21-19(13-16(22)3)25-23(28)20(5-2)32-21/h13-14,17-18,20H,4-12,15H2,1-3H3,(H,25,28)/t17-,18-,20-/m0/s1. The lowest BCUT2D eigenvalue weighted by atomic mass is 9.93. The number of rotatable bonds is 5. The van der Waals surface area contributed by atoms with Gasteiger partial charge in [0.15, 0.2) is 6.10 Å². The number of ether oxygens (including phenoxy) is 1. The highest BCUT2D eigenvalue weighted by Crippen LogP contribution is 2.37. The molecule has 3 aliphatic heterocycles. The minimum atomic E-state index is -3.81. The Balaban J connectivity index is 1.56. The first-order chi connectivity index (χ1) is 15.8. The van der Waals surface area contributed by atoms with E-state index in [-0.39, 0.29) is 35.2 Å². The third-order valence-electron chi connectivity index (χ3n) is 7.20. The molecule has 1 aromatic rings. The summed E-state index contributed by atoms with van der Waals surface area (Å²) < 4.78 is 34.5. The second-order valence-electron chi connectivity index (χ2n) is 9.41. The van der Waals surface area contributed by atoms with Crippen LogP contribution in [0.2, 0.25) is 0 Å². The number of carbonyl (C=O) groups is 2. The van der Waals surface area contributed by atoms with Crippen LogP contribution in [0.15, 0.2) is 17.0 Å². The summed E-state index contributed by atoms with van der Waals surface area (Å²) in [4.78, 5) is 27.6. The third kappa shape index (κ3) is 4.62. The van der Waals surface area contributed by atoms with Crippen LogP contribution >= 0.6 is 0 Å². The Morgan fingerprint density at radius 2 is 1.91 bits per heavy atom. The largest absolute Gasteiger partial charge is 0.478 e. The van der Waals surface area contributed by atoms with Crippen LogP contribution in [-0.4, -0.2) is 61.2 Å². The molecule has 8 nitrogen and oxygen atoms in total. The van der Waals surface area contributed by atoms with Gasteiger partial charge in [-0.05, 0) is 63.5 Å². The number of sulfonamides is 1. The predicted molar refractivity (Wildman–Crippen MR) is 126 cm³/mol. The number of hydrogen-bond donors (Lipinski definition) is 1. The molecule has 9 heteroatoms. The van der Waals surface area contributed by atoms with Crippen LogP contribution in [0, 0.1) is 12.8 Å². The topological polar surface area (TPSA) is 96.0 Å². The molecule has 1 N–H and O–H groups in total. The van der Waals surface area contributed by atoms with Crippen LogP contribution in [0.3, 0.4) is 0 Å². The minimum absolute atomic E-state index is 0.0976. The predicted octanol–water partition coefficient (Wildman–Crippen LogP) is 3.30. The van der Waals surface area contributed by atoms with Gasteiger partial charge in [0.2, 0.25) is 15.9 Å². The number of hydrogen-bond acceptors (Lipinski definition) is 5. The second-order valence-corrected chi connectivity index (χ2v) is 11.3. The van der Waals surface area contributed by atoms with Crippen LogP contribution in [-0.2, 0) is 19.6 Å². The molecule has 4 rings (SSSR count). The quantitative estimate of drug-likeness (QED) is 0.702. The fourth-order valence-electron chi connectivity index (χ4n) is 5.28. The highest BCUT2D eigenvalue weighted by atomic mass is 32.2. The highest BCUT2D eigenvalue weighted by Gasteiger charge is 2.38. The summed E-state index contributed by atoms with van der Waals surface area (Å²) in [7, 11) is -3.81. The highest BCUT2D eigenvalue weighted by molar-refractivity contribution is 7.89. The molecule has 2 amide bonds. The number of carbonyl (C=O) groups excluding carboxylic acids is 2. The van der Waals surface area contributed by atoms with Gasteiger partial charge in [-0.15, -0.1) is 0 Å². The summed E-state index contributed by atoms with van der Waals surface area (Å²) in [6.07, 6.45) is 5.36. The van der Waals surface area contributed by atoms with Crippen molar-refractivity contribution in [2.45, 2.75) is 82.8 Å². The van der Waals surface area contributed by atoms with Crippen molar-refractivity contribution in [3.8, 4) is 5.75 Å². The fraction of sp³-hybridized carbons (Fsp3) is 0.667. The summed E-state index contributed by atoms with van der Waals surface area (Å²) in [6, 6.07) is 3.43. The van der Waals surface area contributed by atoms with E-state index in [0.29, 0.717) is 42.8 Å². The smallest absolute Gasteiger partial charge is 0.265 e. The molecule has 0 aromatic heterocycles. The Labute approximate surface area is 196 Å². The molecule has 33 heavy (non-hydrogen) atoms. The number of likely N-dealkylation sites (tertiary alicyclic amines) is 1. The van der Waals surface area contributed by atoms with Crippen LogP contribution < -0.4 is 10.1 Å². The summed E-state index contributed by atoms with van der Waals surface area (Å²) >= 11 is 0. The lowest BCUT2D eigenvalue weighted by Gasteiger charge is -2.40. The number of aryl methyl sites for hydroxylation is 1. The first kappa shape index (κ1) is 24.0. The first-order valence-electron chi connectivity index (χ1n) is 12.2. The van der Waals surface area contributed by atoms with Crippen molar-refractivity contribution < 1.29 is 22.7 Å². The fourth-order valence-corrected chi connectivity index (χ4v) is 7.03. The third-order valence-corrected chi connectivity index (χ3v) is 9.21. The van der Waals surface area contributed by atoms with Gasteiger partial charge in [-0.1, -0.05) is 13.8 Å². The number of anilines is 1. The van der Waals surface area contributed by atoms with Crippen molar-refractivity contribution in [1.82, 2.24) is 9.21 Å². The van der Waals surface area contributed by atoms with Gasteiger partial charge < -0.3 is 15.0 Å². The van der Waals surface area contributed by atoms with Crippen LogP contribution in [0.1, 0.15) is 64.4 Å². The van der Waals surface area contributed by atoms with Gasteiger partial charge in [-0.3, -0.25) is 9.59 Å². The van der Waals surface area contributed by atoms with Crippen molar-refractivity contribution in [2.75, 3.05) is 25.0 Å². The molecule has 0 saturated carbocycles. The van der Waals surface area contributed by atoms with Crippen LogP contribution in [0.4, 0.5) is 5.69 Å². The molecule has 2 fully saturated rings. The Hall–Kier alpha value is -2.13. The molecule has 0 spiro atoms. The van der Waals surface area contributed by atoms with Crippen molar-refractivity contribution in [3.05, 3.63) is 17.7 Å². The van der Waals surface area contributed by atoms with E-state index in [1.807, 2.05) is 11.8 Å². The average Bonchev–Trinajstić information content (AvgIpc) is 2.82. The van der Waals surface area contributed by atoms with E-state index in [4.69, 9.17) is 4.74 Å². The molecular formula is C24H35N3O5S. The molecule has 3 atom stereocenters. The Morgan fingerprint density at radius 1 is 1.12 bits per heavy atom. The number of amides is 2. The molecule has 3 aliphatic rings. The van der Waals surface area contributed by atoms with Gasteiger partial charge >= 0.3 is 0 Å². The molecule has 3 heterocycles. The number of nitrogens with zero attached hydrogens (tertiary/aromatic N) is 2. The second kappa shape index (κ2) is 9.62. The average molecular weight is 478 g/mol. The van der Waals surface area contributed by atoms with Crippen LogP contribution in [0.25, 0.3) is 0 Å². The summed E-state index contributed by atoms with van der Waals surface area (Å²) in [5.74, 6) is -0.0612. The zero-order chi connectivity index (χ0) is 23.8. The molecule has 0 bridgehead atoms. The Morgan fingerprint density at radius 3 is 2.64 bits per heavy atom. The number of benzene rings is 1. The monoisotopic (exact) mass is 477 g/mol. The maximum Gasteiger partial charge on any atom is 0.265 e. The molecule has 2 saturated heterocycles. The van der Waals surface area contributed by atoms with Crippen molar-refractivity contribution in [2.24, 2.45) is 5.92 Å². The van der Waals surface area contributed by atoms with Gasteiger partial charge in [0, 0.05) is 31.7 Å². The van der Waals surface area contributed by atoms with Gasteiger partial charge in [-0.2, -0.15) is 4.31 Å². The number of piperidine rings is 2. The van der Waals surface area contributed by atoms with Crippen molar-refractivity contribution in [3.63, 3.8) is 0 Å². The zero-order valence-electron chi connectivity index (χ0n) is 19.8. The number of fused-ring (bicyclic) bond motifs is 1. The van der Waals surface area contributed by atoms with Gasteiger partial charge in [0.05, 0.1) is 16.5 Å². The SMILES string of the molecule is CC[C@H]1CCCCN1C(=O)[C@H]1CCCN(S(=O)(=O)c2cc3c(cc2C)NC(=O)[C@H](CC)O3)C1. The van der Waals surface area contributed by atoms with Gasteiger partial charge in [0.1, 0.15) is 5.75 Å². The Kier molecular flexibility index (Phi) is 7.00. The normalized spacial score (nSPS) is 26.3. The van der Waals surface area contributed by atoms with Crippen LogP contribution in [0.5, 0.6) is 5.75 Å². The van der Waals surface area contributed by atoms with Gasteiger partial charge in [0.25, 0.3) is 5.91 Å². The molecule has 182 valence electrons. The van der Waals surface area contributed by atoms with Crippen molar-refractivity contribution in [1.29, 1.82) is 0 Å². The maximum absolute atomic E-state index is 13.6. The lowest BCUT2D eigenvalue weighted by molar-refractivity contribution is -0.140. The molecular weight excluding hydrogens is 442 g/mol. The molecule has 1 aromatic carbocycles. The lowest BCUT2D eigenvalue weighted by Crippen LogP contribution is -2.51. The molecule has 0 aliphatic carbocycles. The van der Waals surface area contributed by atoms with Crippen molar-refractivity contribution >= 4 is 27.5 Å².